The monoisotopic (exact) mass is 354 g/mol. The number of benzene rings is 2. The van der Waals surface area contributed by atoms with Crippen molar-refractivity contribution in [3.8, 4) is 0 Å². The van der Waals surface area contributed by atoms with Crippen LogP contribution in [0.25, 0.3) is 0 Å². The Morgan fingerprint density at radius 2 is 1.48 bits per heavy atom. The predicted octanol–water partition coefficient (Wildman–Crippen LogP) is 6.45. The van der Waals surface area contributed by atoms with Crippen molar-refractivity contribution in [1.82, 2.24) is 0 Å². The maximum absolute atomic E-state index is 4.80. The van der Waals surface area contributed by atoms with Crippen molar-refractivity contribution in [1.29, 1.82) is 0 Å². The number of fused-ring (bicyclic) bond motifs is 2. The molecule has 2 aliphatic rings. The highest BCUT2D eigenvalue weighted by atomic mass is 14.9. The average Bonchev–Trinajstić information content (AvgIpc) is 3.06. The van der Waals surface area contributed by atoms with Gasteiger partial charge in [0.25, 0.3) is 0 Å². The number of aliphatic imine (C=N–C) groups is 1. The SMILES string of the molecule is CC1(C)C(/C=C/C=C/C=C2/Nc3ccccc3C2(C)C)=Nc2ccccc21. The number of nitrogens with one attached hydrogen (secondary N) is 1. The van der Waals surface area contributed by atoms with Crippen LogP contribution in [0.3, 0.4) is 0 Å². The van der Waals surface area contributed by atoms with Crippen LogP contribution in [-0.2, 0) is 10.8 Å². The van der Waals surface area contributed by atoms with Gasteiger partial charge in [0.1, 0.15) is 0 Å². The molecule has 0 unspecified atom stereocenters. The average molecular weight is 354 g/mol. The molecule has 27 heavy (non-hydrogen) atoms. The summed E-state index contributed by atoms with van der Waals surface area (Å²) in [5, 5.41) is 3.54. The molecule has 0 spiro atoms. The fourth-order valence-corrected chi connectivity index (χ4v) is 3.95. The number of nitrogens with zero attached hydrogens (tertiary/aromatic N) is 1. The van der Waals surface area contributed by atoms with Gasteiger partial charge in [0.15, 0.2) is 0 Å². The van der Waals surface area contributed by atoms with Crippen molar-refractivity contribution in [2.24, 2.45) is 4.99 Å². The maximum Gasteiger partial charge on any atom is 0.0674 e. The van der Waals surface area contributed by atoms with E-state index in [1.165, 1.54) is 22.5 Å². The van der Waals surface area contributed by atoms with E-state index in [-0.39, 0.29) is 10.8 Å². The topological polar surface area (TPSA) is 24.4 Å². The van der Waals surface area contributed by atoms with Gasteiger partial charge in [0, 0.05) is 22.2 Å². The van der Waals surface area contributed by atoms with Crippen LogP contribution in [0.2, 0.25) is 0 Å². The van der Waals surface area contributed by atoms with Gasteiger partial charge in [-0.1, -0.05) is 82.3 Å². The van der Waals surface area contributed by atoms with Crippen molar-refractivity contribution >= 4 is 17.1 Å². The van der Waals surface area contributed by atoms with Gasteiger partial charge < -0.3 is 5.32 Å². The summed E-state index contributed by atoms with van der Waals surface area (Å²) in [4.78, 5) is 4.80. The van der Waals surface area contributed by atoms with Crippen LogP contribution in [0.4, 0.5) is 11.4 Å². The van der Waals surface area contributed by atoms with E-state index in [1.807, 2.05) is 6.07 Å². The van der Waals surface area contributed by atoms with Crippen LogP contribution in [0.1, 0.15) is 38.8 Å². The summed E-state index contributed by atoms with van der Waals surface area (Å²) in [7, 11) is 0. The lowest BCUT2D eigenvalue weighted by atomic mass is 9.81. The maximum atomic E-state index is 4.80. The van der Waals surface area contributed by atoms with Gasteiger partial charge in [-0.25, -0.2) is 0 Å². The van der Waals surface area contributed by atoms with Gasteiger partial charge >= 0.3 is 0 Å². The molecule has 2 aliphatic heterocycles. The van der Waals surface area contributed by atoms with E-state index >= 15 is 0 Å². The first-order valence-corrected chi connectivity index (χ1v) is 9.51. The highest BCUT2D eigenvalue weighted by Gasteiger charge is 2.34. The molecule has 2 heterocycles. The zero-order chi connectivity index (χ0) is 19.1. The van der Waals surface area contributed by atoms with Crippen molar-refractivity contribution in [2.75, 3.05) is 5.32 Å². The molecule has 0 saturated heterocycles. The van der Waals surface area contributed by atoms with Crippen LogP contribution in [-0.4, -0.2) is 5.71 Å². The summed E-state index contributed by atoms with van der Waals surface area (Å²) >= 11 is 0. The van der Waals surface area contributed by atoms with E-state index < -0.39 is 0 Å². The zero-order valence-electron chi connectivity index (χ0n) is 16.5. The third-order valence-corrected chi connectivity index (χ3v) is 5.74. The molecule has 0 aliphatic carbocycles. The van der Waals surface area contributed by atoms with Crippen LogP contribution in [0.5, 0.6) is 0 Å². The van der Waals surface area contributed by atoms with Crippen molar-refractivity contribution in [3.63, 3.8) is 0 Å². The van der Waals surface area contributed by atoms with Crippen LogP contribution in [0.15, 0.2) is 89.6 Å². The molecule has 0 bridgehead atoms. The van der Waals surface area contributed by atoms with E-state index in [1.54, 1.807) is 0 Å². The second-order valence-corrected chi connectivity index (χ2v) is 8.26. The zero-order valence-corrected chi connectivity index (χ0v) is 16.5. The summed E-state index contributed by atoms with van der Waals surface area (Å²) in [6, 6.07) is 16.9. The fourth-order valence-electron chi connectivity index (χ4n) is 3.95. The molecular formula is C25H26N2. The Hall–Kier alpha value is -2.87. The second-order valence-electron chi connectivity index (χ2n) is 8.26. The molecule has 1 N–H and O–H groups in total. The molecule has 4 rings (SSSR count). The predicted molar refractivity (Wildman–Crippen MR) is 116 cm³/mol. The molecule has 2 aromatic rings. The highest BCUT2D eigenvalue weighted by molar-refractivity contribution is 6.08. The third-order valence-electron chi connectivity index (χ3n) is 5.74. The Bertz CT molecular complexity index is 1000. The minimum atomic E-state index is -0.0456. The number of rotatable bonds is 3. The van der Waals surface area contributed by atoms with E-state index in [0.717, 1.165) is 11.4 Å². The Kier molecular flexibility index (Phi) is 4.15. The lowest BCUT2D eigenvalue weighted by Gasteiger charge is -2.20. The van der Waals surface area contributed by atoms with Crippen molar-refractivity contribution in [3.05, 3.63) is 95.7 Å². The number of anilines is 1. The molecule has 0 aromatic heterocycles. The first-order chi connectivity index (χ1) is 12.9. The first kappa shape index (κ1) is 17.5. The quantitative estimate of drug-likeness (QED) is 0.629. The number of hydrogen-bond acceptors (Lipinski definition) is 2. The Morgan fingerprint density at radius 1 is 0.778 bits per heavy atom. The standard InChI is InChI=1S/C25H26N2/c1-24(2)18-12-8-10-14-20(18)26-22(24)16-6-5-7-17-23-25(3,4)19-13-9-11-15-21(19)27-23/h5-17,26H,1-4H3/b6-5+,17-7+,22-16+. The minimum Gasteiger partial charge on any atom is -0.358 e. The molecule has 0 fully saturated rings. The van der Waals surface area contributed by atoms with Crippen LogP contribution in [0, 0.1) is 0 Å². The normalized spacial score (nSPS) is 20.7. The van der Waals surface area contributed by atoms with Crippen LogP contribution < -0.4 is 5.32 Å². The lowest BCUT2D eigenvalue weighted by molar-refractivity contribution is 0.654. The van der Waals surface area contributed by atoms with Crippen molar-refractivity contribution < 1.29 is 0 Å². The number of allylic oxidation sites excluding steroid dienone is 6. The van der Waals surface area contributed by atoms with E-state index in [0.29, 0.717) is 0 Å². The second kappa shape index (κ2) is 6.38. The van der Waals surface area contributed by atoms with Gasteiger partial charge in [-0.15, -0.1) is 0 Å². The summed E-state index contributed by atoms with van der Waals surface area (Å²) in [6.45, 7) is 8.98. The Balaban J connectivity index is 1.49. The van der Waals surface area contributed by atoms with Gasteiger partial charge in [0.05, 0.1) is 11.4 Å². The smallest absolute Gasteiger partial charge is 0.0674 e. The summed E-state index contributed by atoms with van der Waals surface area (Å²) < 4.78 is 0. The summed E-state index contributed by atoms with van der Waals surface area (Å²) in [6.07, 6.45) is 10.5. The molecule has 136 valence electrons. The Morgan fingerprint density at radius 3 is 2.22 bits per heavy atom. The van der Waals surface area contributed by atoms with Gasteiger partial charge in [0.2, 0.25) is 0 Å². The van der Waals surface area contributed by atoms with E-state index in [2.05, 4.69) is 106 Å². The molecule has 2 aromatic carbocycles. The van der Waals surface area contributed by atoms with Gasteiger partial charge in [-0.05, 0) is 35.4 Å². The highest BCUT2D eigenvalue weighted by Crippen LogP contribution is 2.43. The molecule has 0 radical (unpaired) electrons. The number of para-hydroxylation sites is 2. The molecular weight excluding hydrogens is 328 g/mol. The summed E-state index contributed by atoms with van der Waals surface area (Å²) in [5.74, 6) is 0. The lowest BCUT2D eigenvalue weighted by Crippen LogP contribution is -2.23. The fraction of sp³-hybridized carbons (Fsp3) is 0.240. The van der Waals surface area contributed by atoms with Crippen molar-refractivity contribution in [2.45, 2.75) is 38.5 Å². The minimum absolute atomic E-state index is 0.00379. The Labute approximate surface area is 162 Å². The summed E-state index contributed by atoms with van der Waals surface area (Å²) in [5.41, 5.74) is 7.22. The van der Waals surface area contributed by atoms with Gasteiger partial charge in [-0.2, -0.15) is 0 Å². The molecule has 2 nitrogen and oxygen atoms in total. The molecule has 0 saturated carbocycles. The van der Waals surface area contributed by atoms with E-state index in [4.69, 9.17) is 4.99 Å². The largest absolute Gasteiger partial charge is 0.358 e. The van der Waals surface area contributed by atoms with Crippen LogP contribution >= 0.6 is 0 Å². The molecule has 2 heteroatoms. The third kappa shape index (κ3) is 2.95. The first-order valence-electron chi connectivity index (χ1n) is 9.51. The molecule has 0 atom stereocenters. The number of hydrogen-bond donors (Lipinski definition) is 1. The molecule has 0 amide bonds. The van der Waals surface area contributed by atoms with E-state index in [9.17, 15) is 0 Å². The van der Waals surface area contributed by atoms with Gasteiger partial charge in [-0.3, -0.25) is 4.99 Å².